The summed E-state index contributed by atoms with van der Waals surface area (Å²) in [4.78, 5) is 21.8. The number of hydrogen-bond donors (Lipinski definition) is 2. The van der Waals surface area contributed by atoms with Crippen LogP contribution in [0, 0.1) is 6.92 Å². The number of carbonyl (C=O) groups is 2. The second kappa shape index (κ2) is 5.65. The van der Waals surface area contributed by atoms with Gasteiger partial charge in [0.05, 0.1) is 0 Å². The maximum atomic E-state index is 11.6. The molecule has 0 radical (unpaired) electrons. The van der Waals surface area contributed by atoms with Crippen LogP contribution in [0.25, 0.3) is 0 Å². The number of amides is 2. The van der Waals surface area contributed by atoms with Gasteiger partial charge in [-0.05, 0) is 6.92 Å². The van der Waals surface area contributed by atoms with Crippen molar-refractivity contribution in [3.8, 4) is 0 Å². The molecule has 1 aromatic rings. The Morgan fingerprint density at radius 1 is 1.38 bits per heavy atom. The maximum absolute atomic E-state index is 11.6. The summed E-state index contributed by atoms with van der Waals surface area (Å²) in [6.07, 6.45) is 1.44. The monoisotopic (exact) mass is 219 g/mol. The van der Waals surface area contributed by atoms with E-state index in [-0.39, 0.29) is 12.2 Å². The van der Waals surface area contributed by atoms with E-state index in [1.54, 1.807) is 12.1 Å². The fraction of sp³-hybridized carbons (Fsp3) is 0.182. The third kappa shape index (κ3) is 3.91. The van der Waals surface area contributed by atoms with Crippen molar-refractivity contribution < 1.29 is 9.59 Å². The lowest BCUT2D eigenvalue weighted by Crippen LogP contribution is -2.24. The third-order valence-corrected chi connectivity index (χ3v) is 1.92. The van der Waals surface area contributed by atoms with Crippen LogP contribution in [0.1, 0.15) is 22.3 Å². The summed E-state index contributed by atoms with van der Waals surface area (Å²) in [5.41, 5.74) is 8.53. The molecule has 5 heteroatoms. The Balaban J connectivity index is 2.50. The molecule has 2 amide bonds. The molecule has 0 aliphatic heterocycles. The van der Waals surface area contributed by atoms with Crippen LogP contribution in [0.2, 0.25) is 0 Å². The lowest BCUT2D eigenvalue weighted by molar-refractivity contribution is 0.100. The molecule has 0 saturated carbocycles. The summed E-state index contributed by atoms with van der Waals surface area (Å²) >= 11 is 0. The van der Waals surface area contributed by atoms with Crippen molar-refractivity contribution in [2.24, 2.45) is 10.8 Å². The zero-order valence-electron chi connectivity index (χ0n) is 8.93. The molecule has 1 aromatic carbocycles. The van der Waals surface area contributed by atoms with Crippen molar-refractivity contribution in [1.29, 1.82) is 0 Å². The summed E-state index contributed by atoms with van der Waals surface area (Å²) in [6.45, 7) is 1.95. The van der Waals surface area contributed by atoms with E-state index in [0.29, 0.717) is 5.56 Å². The molecule has 0 aliphatic rings. The Hall–Kier alpha value is -2.17. The molecule has 16 heavy (non-hydrogen) atoms. The Bertz CT molecular complexity index is 410. The van der Waals surface area contributed by atoms with E-state index >= 15 is 0 Å². The number of hydrazone groups is 1. The number of nitrogens with two attached hydrogens (primary N) is 1. The number of benzene rings is 1. The topological polar surface area (TPSA) is 84.6 Å². The smallest absolute Gasteiger partial charge is 0.332 e. The predicted molar refractivity (Wildman–Crippen MR) is 61.3 cm³/mol. The fourth-order valence-electron chi connectivity index (χ4n) is 1.10. The molecule has 3 N–H and O–H groups in total. The maximum Gasteiger partial charge on any atom is 0.332 e. The first-order valence-corrected chi connectivity index (χ1v) is 4.76. The van der Waals surface area contributed by atoms with Crippen molar-refractivity contribution in [2.45, 2.75) is 13.3 Å². The molecular formula is C11H13N3O2. The van der Waals surface area contributed by atoms with E-state index in [4.69, 9.17) is 5.73 Å². The highest BCUT2D eigenvalue weighted by Crippen LogP contribution is 2.05. The molecule has 0 unspecified atom stereocenters. The molecule has 0 spiro atoms. The van der Waals surface area contributed by atoms with Gasteiger partial charge in [-0.15, -0.1) is 0 Å². The summed E-state index contributed by atoms with van der Waals surface area (Å²) in [7, 11) is 0. The molecule has 0 bridgehead atoms. The molecule has 0 aromatic heterocycles. The van der Waals surface area contributed by atoms with Gasteiger partial charge in [0.15, 0.2) is 5.78 Å². The third-order valence-electron chi connectivity index (χ3n) is 1.92. The number of aryl methyl sites for hydroxylation is 1. The van der Waals surface area contributed by atoms with Crippen LogP contribution in [0.5, 0.6) is 0 Å². The summed E-state index contributed by atoms with van der Waals surface area (Å²) in [5.74, 6) is -0.0602. The summed E-state index contributed by atoms with van der Waals surface area (Å²) < 4.78 is 0. The quantitative estimate of drug-likeness (QED) is 0.453. The number of nitrogens with zero attached hydrogens (tertiary/aromatic N) is 1. The largest absolute Gasteiger partial charge is 0.350 e. The standard InChI is InChI=1S/C11H13N3O2/c1-8-2-4-9(5-3-8)10(15)6-7-13-14-11(12)16/h2-5,7H,6H2,1H3,(H3,12,14,16)/b13-7-. The van der Waals surface area contributed by atoms with Crippen molar-refractivity contribution in [3.63, 3.8) is 0 Å². The van der Waals surface area contributed by atoms with Gasteiger partial charge in [0.1, 0.15) is 0 Å². The fourth-order valence-corrected chi connectivity index (χ4v) is 1.10. The molecule has 0 aliphatic carbocycles. The number of carbonyl (C=O) groups excluding carboxylic acids is 2. The zero-order valence-corrected chi connectivity index (χ0v) is 8.93. The number of urea groups is 1. The Morgan fingerprint density at radius 3 is 2.56 bits per heavy atom. The van der Waals surface area contributed by atoms with Gasteiger partial charge in [0, 0.05) is 18.2 Å². The Morgan fingerprint density at radius 2 is 2.00 bits per heavy atom. The van der Waals surface area contributed by atoms with Gasteiger partial charge in [-0.1, -0.05) is 29.8 Å². The van der Waals surface area contributed by atoms with Gasteiger partial charge in [-0.3, -0.25) is 4.79 Å². The second-order valence-electron chi connectivity index (χ2n) is 3.28. The van der Waals surface area contributed by atoms with E-state index in [1.165, 1.54) is 6.21 Å². The second-order valence-corrected chi connectivity index (χ2v) is 3.28. The molecular weight excluding hydrogens is 206 g/mol. The summed E-state index contributed by atoms with van der Waals surface area (Å²) in [5, 5.41) is 3.48. The first-order chi connectivity index (χ1) is 7.59. The van der Waals surface area contributed by atoms with Gasteiger partial charge in [0.25, 0.3) is 0 Å². The van der Waals surface area contributed by atoms with E-state index in [2.05, 4.69) is 5.10 Å². The number of hydrogen-bond acceptors (Lipinski definition) is 3. The van der Waals surface area contributed by atoms with Crippen LogP contribution < -0.4 is 11.2 Å². The van der Waals surface area contributed by atoms with Crippen molar-refractivity contribution >= 4 is 18.0 Å². The number of rotatable bonds is 4. The number of primary amides is 1. The lowest BCUT2D eigenvalue weighted by Gasteiger charge is -1.98. The Kier molecular flexibility index (Phi) is 4.20. The van der Waals surface area contributed by atoms with Gasteiger partial charge in [0.2, 0.25) is 0 Å². The van der Waals surface area contributed by atoms with E-state index in [9.17, 15) is 9.59 Å². The first-order valence-electron chi connectivity index (χ1n) is 4.76. The van der Waals surface area contributed by atoms with Crippen molar-refractivity contribution in [1.82, 2.24) is 5.43 Å². The molecule has 0 saturated heterocycles. The van der Waals surface area contributed by atoms with E-state index in [1.807, 2.05) is 24.5 Å². The summed E-state index contributed by atoms with van der Waals surface area (Å²) in [6, 6.07) is 6.50. The van der Waals surface area contributed by atoms with Crippen LogP contribution in [-0.4, -0.2) is 18.0 Å². The highest BCUT2D eigenvalue weighted by atomic mass is 16.2. The molecule has 0 fully saturated rings. The highest BCUT2D eigenvalue weighted by molar-refractivity contribution is 6.03. The minimum atomic E-state index is -0.751. The molecule has 5 nitrogen and oxygen atoms in total. The van der Waals surface area contributed by atoms with E-state index < -0.39 is 6.03 Å². The van der Waals surface area contributed by atoms with Crippen LogP contribution in [0.3, 0.4) is 0 Å². The number of ketones is 1. The van der Waals surface area contributed by atoms with Crippen LogP contribution >= 0.6 is 0 Å². The number of nitrogens with one attached hydrogen (secondary N) is 1. The molecule has 1 rings (SSSR count). The van der Waals surface area contributed by atoms with Crippen molar-refractivity contribution in [3.05, 3.63) is 35.4 Å². The minimum Gasteiger partial charge on any atom is -0.350 e. The average molecular weight is 219 g/mol. The molecule has 84 valence electrons. The number of Topliss-reactive ketones (excluding diaryl/α,β-unsaturated/α-hetero) is 1. The molecule has 0 heterocycles. The van der Waals surface area contributed by atoms with Crippen molar-refractivity contribution in [2.75, 3.05) is 0 Å². The van der Waals surface area contributed by atoms with Gasteiger partial charge < -0.3 is 5.73 Å². The minimum absolute atomic E-state index is 0.0602. The van der Waals surface area contributed by atoms with Crippen LogP contribution in [0.4, 0.5) is 4.79 Å². The first kappa shape index (κ1) is 11.9. The lowest BCUT2D eigenvalue weighted by atomic mass is 10.1. The Labute approximate surface area is 93.3 Å². The predicted octanol–water partition coefficient (Wildman–Crippen LogP) is 1.22. The SMILES string of the molecule is Cc1ccc(C(=O)C/C=N\NC(N)=O)cc1. The van der Waals surface area contributed by atoms with Gasteiger partial charge >= 0.3 is 6.03 Å². The average Bonchev–Trinajstić information content (AvgIpc) is 2.25. The van der Waals surface area contributed by atoms with Crippen LogP contribution in [-0.2, 0) is 0 Å². The normalized spacial score (nSPS) is 10.3. The van der Waals surface area contributed by atoms with Gasteiger partial charge in [-0.25, -0.2) is 10.2 Å². The highest BCUT2D eigenvalue weighted by Gasteiger charge is 2.02. The van der Waals surface area contributed by atoms with E-state index in [0.717, 1.165) is 5.56 Å². The van der Waals surface area contributed by atoms with Crippen LogP contribution in [0.15, 0.2) is 29.4 Å². The van der Waals surface area contributed by atoms with Gasteiger partial charge in [-0.2, -0.15) is 5.10 Å². The molecule has 0 atom stereocenters. The zero-order chi connectivity index (χ0) is 12.0.